The Hall–Kier alpha value is -2.37. The predicted octanol–water partition coefficient (Wildman–Crippen LogP) is 1.25. The van der Waals surface area contributed by atoms with Crippen molar-refractivity contribution in [3.63, 3.8) is 0 Å². The van der Waals surface area contributed by atoms with Crippen molar-refractivity contribution in [1.29, 1.82) is 0 Å². The van der Waals surface area contributed by atoms with Crippen molar-refractivity contribution in [2.45, 2.75) is 32.9 Å². The first-order valence-corrected chi connectivity index (χ1v) is 6.12. The fourth-order valence-corrected chi connectivity index (χ4v) is 1.44. The van der Waals surface area contributed by atoms with Crippen LogP contribution in [0.1, 0.15) is 31.1 Å². The van der Waals surface area contributed by atoms with Gasteiger partial charge in [0.05, 0.1) is 0 Å². The van der Waals surface area contributed by atoms with Crippen LogP contribution < -0.4 is 10.1 Å². The van der Waals surface area contributed by atoms with Crippen LogP contribution in [0.5, 0.6) is 5.75 Å². The molecule has 0 aliphatic rings. The van der Waals surface area contributed by atoms with E-state index in [-0.39, 0.29) is 5.78 Å². The van der Waals surface area contributed by atoms with Crippen LogP contribution in [0.3, 0.4) is 0 Å². The number of rotatable bonds is 6. The molecule has 0 aliphatic heterocycles. The van der Waals surface area contributed by atoms with Crippen LogP contribution in [0.4, 0.5) is 0 Å². The average Bonchev–Trinajstić information content (AvgIpc) is 2.38. The Labute approximate surface area is 116 Å². The molecule has 0 fully saturated rings. The minimum Gasteiger partial charge on any atom is -0.481 e. The second-order valence-corrected chi connectivity index (χ2v) is 4.41. The number of hydrogen-bond donors (Lipinski definition) is 2. The van der Waals surface area contributed by atoms with Gasteiger partial charge in [0.2, 0.25) is 0 Å². The summed E-state index contributed by atoms with van der Waals surface area (Å²) >= 11 is 0. The quantitative estimate of drug-likeness (QED) is 0.764. The first kappa shape index (κ1) is 15.7. The molecule has 0 radical (unpaired) electrons. The van der Waals surface area contributed by atoms with E-state index < -0.39 is 24.0 Å². The van der Waals surface area contributed by atoms with E-state index in [1.165, 1.54) is 26.8 Å². The third-order valence-electron chi connectivity index (χ3n) is 2.65. The highest BCUT2D eigenvalue weighted by molar-refractivity contribution is 5.94. The van der Waals surface area contributed by atoms with Gasteiger partial charge in [-0.05, 0) is 32.9 Å². The molecule has 1 aromatic carbocycles. The summed E-state index contributed by atoms with van der Waals surface area (Å²) < 4.78 is 5.39. The molecule has 0 saturated carbocycles. The molecule has 6 nitrogen and oxygen atoms in total. The zero-order valence-corrected chi connectivity index (χ0v) is 11.5. The monoisotopic (exact) mass is 279 g/mol. The minimum atomic E-state index is -1.12. The molecule has 6 heteroatoms. The second-order valence-electron chi connectivity index (χ2n) is 4.41. The fraction of sp³-hybridized carbons (Fsp3) is 0.357. The number of Topliss-reactive ketones (excluding diaryl/α,β-unsaturated/α-hetero) is 1. The summed E-state index contributed by atoms with van der Waals surface area (Å²) in [6.07, 6.45) is -0.862. The highest BCUT2D eigenvalue weighted by Crippen LogP contribution is 2.15. The van der Waals surface area contributed by atoms with Crippen LogP contribution in [-0.2, 0) is 9.59 Å². The molecule has 0 spiro atoms. The molecular weight excluding hydrogens is 262 g/mol. The van der Waals surface area contributed by atoms with Crippen LogP contribution in [0.25, 0.3) is 0 Å². The van der Waals surface area contributed by atoms with E-state index in [0.717, 1.165) is 0 Å². The van der Waals surface area contributed by atoms with Gasteiger partial charge in [0.1, 0.15) is 11.8 Å². The number of amides is 1. The Balaban J connectivity index is 2.68. The Kier molecular flexibility index (Phi) is 5.25. The molecule has 1 rings (SSSR count). The number of ketones is 1. The second kappa shape index (κ2) is 6.70. The van der Waals surface area contributed by atoms with Gasteiger partial charge in [0.25, 0.3) is 5.91 Å². The molecule has 0 aliphatic carbocycles. The Morgan fingerprint density at radius 2 is 1.90 bits per heavy atom. The van der Waals surface area contributed by atoms with Crippen molar-refractivity contribution in [2.24, 2.45) is 0 Å². The third kappa shape index (κ3) is 4.38. The summed E-state index contributed by atoms with van der Waals surface area (Å²) in [6.45, 7) is 4.30. The van der Waals surface area contributed by atoms with Crippen LogP contribution in [0.2, 0.25) is 0 Å². The summed E-state index contributed by atoms with van der Waals surface area (Å²) in [5.74, 6) is -1.38. The van der Waals surface area contributed by atoms with E-state index >= 15 is 0 Å². The van der Waals surface area contributed by atoms with Gasteiger partial charge in [-0.3, -0.25) is 14.4 Å². The van der Waals surface area contributed by atoms with E-state index in [4.69, 9.17) is 9.84 Å². The van der Waals surface area contributed by atoms with Crippen LogP contribution in [-0.4, -0.2) is 34.9 Å². The lowest BCUT2D eigenvalue weighted by Gasteiger charge is -2.16. The van der Waals surface area contributed by atoms with E-state index in [1.807, 2.05) is 0 Å². The number of nitrogens with one attached hydrogen (secondary N) is 1. The highest BCUT2D eigenvalue weighted by Gasteiger charge is 2.20. The summed E-state index contributed by atoms with van der Waals surface area (Å²) in [5, 5.41) is 11.0. The van der Waals surface area contributed by atoms with Crippen molar-refractivity contribution in [1.82, 2.24) is 5.32 Å². The molecule has 0 heterocycles. The molecule has 2 N–H and O–H groups in total. The van der Waals surface area contributed by atoms with E-state index in [1.54, 1.807) is 18.2 Å². The lowest BCUT2D eigenvalue weighted by atomic mass is 10.1. The topological polar surface area (TPSA) is 92.7 Å². The van der Waals surface area contributed by atoms with Crippen molar-refractivity contribution in [3.05, 3.63) is 29.8 Å². The van der Waals surface area contributed by atoms with Gasteiger partial charge >= 0.3 is 5.97 Å². The number of benzene rings is 1. The van der Waals surface area contributed by atoms with Crippen molar-refractivity contribution >= 4 is 17.7 Å². The molecule has 0 aromatic heterocycles. The number of ether oxygens (including phenoxy) is 1. The van der Waals surface area contributed by atoms with Gasteiger partial charge in [-0.1, -0.05) is 12.1 Å². The van der Waals surface area contributed by atoms with Crippen LogP contribution in [0.15, 0.2) is 24.3 Å². The van der Waals surface area contributed by atoms with Gasteiger partial charge < -0.3 is 15.2 Å². The summed E-state index contributed by atoms with van der Waals surface area (Å²) in [6, 6.07) is 5.46. The highest BCUT2D eigenvalue weighted by atomic mass is 16.5. The van der Waals surface area contributed by atoms with Gasteiger partial charge in [-0.15, -0.1) is 0 Å². The van der Waals surface area contributed by atoms with Crippen molar-refractivity contribution < 1.29 is 24.2 Å². The molecule has 1 amide bonds. The maximum Gasteiger partial charge on any atom is 0.325 e. The number of carbonyl (C=O) groups excluding carboxylic acids is 2. The molecule has 1 aromatic rings. The molecule has 0 bridgehead atoms. The molecule has 20 heavy (non-hydrogen) atoms. The van der Waals surface area contributed by atoms with Crippen LogP contribution >= 0.6 is 0 Å². The number of carbonyl (C=O) groups is 3. The predicted molar refractivity (Wildman–Crippen MR) is 71.8 cm³/mol. The molecule has 2 atom stereocenters. The number of carboxylic acid groups (broad SMARTS) is 1. The van der Waals surface area contributed by atoms with E-state index in [0.29, 0.717) is 11.3 Å². The summed E-state index contributed by atoms with van der Waals surface area (Å²) in [4.78, 5) is 33.6. The van der Waals surface area contributed by atoms with E-state index in [2.05, 4.69) is 5.32 Å². The van der Waals surface area contributed by atoms with Gasteiger partial charge in [-0.25, -0.2) is 0 Å². The first-order valence-electron chi connectivity index (χ1n) is 6.12. The molecule has 108 valence electrons. The summed E-state index contributed by atoms with van der Waals surface area (Å²) in [7, 11) is 0. The average molecular weight is 279 g/mol. The number of carboxylic acids is 1. The largest absolute Gasteiger partial charge is 0.481 e. The third-order valence-corrected chi connectivity index (χ3v) is 2.65. The zero-order valence-electron chi connectivity index (χ0n) is 11.5. The van der Waals surface area contributed by atoms with Gasteiger partial charge in [-0.2, -0.15) is 0 Å². The van der Waals surface area contributed by atoms with Crippen LogP contribution in [0, 0.1) is 0 Å². The Morgan fingerprint density at radius 1 is 1.25 bits per heavy atom. The van der Waals surface area contributed by atoms with Crippen molar-refractivity contribution in [3.8, 4) is 5.75 Å². The summed E-state index contributed by atoms with van der Waals surface area (Å²) in [5.41, 5.74) is 0.481. The lowest BCUT2D eigenvalue weighted by Crippen LogP contribution is -2.44. The lowest BCUT2D eigenvalue weighted by molar-refractivity contribution is -0.142. The van der Waals surface area contributed by atoms with E-state index in [9.17, 15) is 14.4 Å². The molecule has 0 saturated heterocycles. The Bertz CT molecular complexity index is 526. The van der Waals surface area contributed by atoms with Crippen molar-refractivity contribution in [2.75, 3.05) is 0 Å². The standard InChI is InChI=1S/C14H17NO5/c1-8(14(18)19)15-13(17)10(3)20-12-6-4-5-11(7-12)9(2)16/h4-8,10H,1-3H3,(H,15,17)(H,18,19)/t8-,10?/m1/s1. The molecular formula is C14H17NO5. The molecule has 1 unspecified atom stereocenters. The first-order chi connectivity index (χ1) is 9.31. The maximum absolute atomic E-state index is 11.7. The smallest absolute Gasteiger partial charge is 0.325 e. The number of hydrogen-bond acceptors (Lipinski definition) is 4. The van der Waals surface area contributed by atoms with Gasteiger partial charge in [0.15, 0.2) is 11.9 Å². The SMILES string of the molecule is CC(=O)c1cccc(OC(C)C(=O)N[C@H](C)C(=O)O)c1. The maximum atomic E-state index is 11.7. The minimum absolute atomic E-state index is 0.105. The normalized spacial score (nSPS) is 13.2. The number of aliphatic carboxylic acids is 1. The fourth-order valence-electron chi connectivity index (χ4n) is 1.44. The van der Waals surface area contributed by atoms with Gasteiger partial charge in [0, 0.05) is 5.56 Å². The Morgan fingerprint density at radius 3 is 2.45 bits per heavy atom. The zero-order chi connectivity index (χ0) is 15.3.